The number of thiophene rings is 1. The van der Waals surface area contributed by atoms with Crippen LogP contribution >= 0.6 is 23.1 Å². The summed E-state index contributed by atoms with van der Waals surface area (Å²) < 4.78 is 4.62. The summed E-state index contributed by atoms with van der Waals surface area (Å²) in [4.78, 5) is 27.8. The Labute approximate surface area is 150 Å². The van der Waals surface area contributed by atoms with Crippen LogP contribution in [0.15, 0.2) is 46.7 Å². The maximum Gasteiger partial charge on any atom is 0.305 e. The SMILES string of the molecule is COC(=O)CCCN(C)C(=O)c1ccccc1SCc1cccs1. The Morgan fingerprint density at radius 2 is 2.00 bits per heavy atom. The molecule has 0 atom stereocenters. The lowest BCUT2D eigenvalue weighted by atomic mass is 10.2. The summed E-state index contributed by atoms with van der Waals surface area (Å²) in [6, 6.07) is 11.8. The summed E-state index contributed by atoms with van der Waals surface area (Å²) >= 11 is 3.39. The molecule has 1 amide bonds. The molecule has 6 heteroatoms. The number of methoxy groups -OCH3 is 1. The maximum absolute atomic E-state index is 12.7. The molecule has 1 aromatic heterocycles. The summed E-state index contributed by atoms with van der Waals surface area (Å²) in [5.74, 6) is 0.588. The Bertz CT molecular complexity index is 671. The van der Waals surface area contributed by atoms with Crippen LogP contribution in [-0.4, -0.2) is 37.5 Å². The monoisotopic (exact) mass is 363 g/mol. The third-order valence-electron chi connectivity index (χ3n) is 3.52. The highest BCUT2D eigenvalue weighted by Crippen LogP contribution is 2.28. The Balaban J connectivity index is 1.96. The fraction of sp³-hybridized carbons (Fsp3) is 0.333. The summed E-state index contributed by atoms with van der Waals surface area (Å²) in [6.07, 6.45) is 0.919. The van der Waals surface area contributed by atoms with Gasteiger partial charge in [-0.1, -0.05) is 18.2 Å². The highest BCUT2D eigenvalue weighted by molar-refractivity contribution is 7.98. The second kappa shape index (κ2) is 9.49. The Kier molecular flexibility index (Phi) is 7.34. The van der Waals surface area contributed by atoms with Crippen molar-refractivity contribution in [3.05, 3.63) is 52.2 Å². The molecule has 0 fully saturated rings. The van der Waals surface area contributed by atoms with E-state index in [1.165, 1.54) is 12.0 Å². The first-order chi connectivity index (χ1) is 11.6. The van der Waals surface area contributed by atoms with Crippen LogP contribution in [0.1, 0.15) is 28.1 Å². The van der Waals surface area contributed by atoms with Gasteiger partial charge in [0.05, 0.1) is 12.7 Å². The summed E-state index contributed by atoms with van der Waals surface area (Å²) in [6.45, 7) is 0.526. The smallest absolute Gasteiger partial charge is 0.305 e. The zero-order valence-electron chi connectivity index (χ0n) is 13.9. The van der Waals surface area contributed by atoms with Gasteiger partial charge < -0.3 is 9.64 Å². The van der Waals surface area contributed by atoms with E-state index in [4.69, 9.17) is 0 Å². The van der Waals surface area contributed by atoms with Gasteiger partial charge in [-0.15, -0.1) is 23.1 Å². The number of benzene rings is 1. The van der Waals surface area contributed by atoms with E-state index in [9.17, 15) is 9.59 Å². The van der Waals surface area contributed by atoms with Crippen LogP contribution < -0.4 is 0 Å². The van der Waals surface area contributed by atoms with Gasteiger partial charge in [-0.05, 0) is 30.0 Å². The van der Waals surface area contributed by atoms with Gasteiger partial charge in [0.1, 0.15) is 0 Å². The number of hydrogen-bond acceptors (Lipinski definition) is 5. The van der Waals surface area contributed by atoms with Crippen molar-refractivity contribution < 1.29 is 14.3 Å². The van der Waals surface area contributed by atoms with E-state index >= 15 is 0 Å². The highest BCUT2D eigenvalue weighted by atomic mass is 32.2. The van der Waals surface area contributed by atoms with Crippen molar-refractivity contribution >= 4 is 35.0 Å². The predicted molar refractivity (Wildman–Crippen MR) is 98.5 cm³/mol. The van der Waals surface area contributed by atoms with Crippen molar-refractivity contribution in [3.8, 4) is 0 Å². The molecule has 0 saturated carbocycles. The van der Waals surface area contributed by atoms with Crippen LogP contribution in [0.4, 0.5) is 0 Å². The van der Waals surface area contributed by atoms with Crippen molar-refractivity contribution in [1.29, 1.82) is 0 Å². The van der Waals surface area contributed by atoms with Crippen molar-refractivity contribution in [2.24, 2.45) is 0 Å². The third-order valence-corrected chi connectivity index (χ3v) is 5.70. The van der Waals surface area contributed by atoms with Crippen molar-refractivity contribution in [3.63, 3.8) is 0 Å². The topological polar surface area (TPSA) is 46.6 Å². The fourth-order valence-electron chi connectivity index (χ4n) is 2.18. The summed E-state index contributed by atoms with van der Waals surface area (Å²) in [5, 5.41) is 2.06. The molecule has 128 valence electrons. The van der Waals surface area contributed by atoms with E-state index in [0.29, 0.717) is 24.9 Å². The average molecular weight is 364 g/mol. The van der Waals surface area contributed by atoms with Crippen LogP contribution in [0.3, 0.4) is 0 Å². The number of carbonyl (C=O) groups excluding carboxylic acids is 2. The molecule has 0 bridgehead atoms. The number of carbonyl (C=O) groups is 2. The average Bonchev–Trinajstić information content (AvgIpc) is 3.12. The van der Waals surface area contributed by atoms with Crippen LogP contribution in [0, 0.1) is 0 Å². The number of rotatable bonds is 8. The number of ether oxygens (including phenoxy) is 1. The molecule has 0 aliphatic carbocycles. The molecule has 0 saturated heterocycles. The van der Waals surface area contributed by atoms with E-state index in [2.05, 4.69) is 16.2 Å². The first-order valence-corrected chi connectivity index (χ1v) is 9.55. The molecular weight excluding hydrogens is 342 g/mol. The van der Waals surface area contributed by atoms with Crippen molar-refractivity contribution in [2.75, 3.05) is 20.7 Å². The molecule has 0 radical (unpaired) electrons. The zero-order valence-corrected chi connectivity index (χ0v) is 15.5. The molecule has 1 aromatic carbocycles. The van der Waals surface area contributed by atoms with E-state index in [1.807, 2.05) is 30.3 Å². The molecule has 4 nitrogen and oxygen atoms in total. The van der Waals surface area contributed by atoms with Gasteiger partial charge >= 0.3 is 5.97 Å². The first-order valence-electron chi connectivity index (χ1n) is 7.68. The standard InChI is InChI=1S/C18H21NO3S2/c1-19(11-5-10-17(20)22-2)18(21)15-8-3-4-9-16(15)24-13-14-7-6-12-23-14/h3-4,6-9,12H,5,10-11,13H2,1-2H3. The fourth-order valence-corrected chi connectivity index (χ4v) is 4.00. The van der Waals surface area contributed by atoms with E-state index in [1.54, 1.807) is 35.0 Å². The molecule has 0 aliphatic rings. The Hall–Kier alpha value is -1.79. The summed E-state index contributed by atoms with van der Waals surface area (Å²) in [7, 11) is 3.14. The lowest BCUT2D eigenvalue weighted by Crippen LogP contribution is -2.28. The Morgan fingerprint density at radius 1 is 1.21 bits per heavy atom. The second-order valence-electron chi connectivity index (χ2n) is 5.27. The minimum atomic E-state index is -0.247. The molecule has 0 N–H and O–H groups in total. The second-order valence-corrected chi connectivity index (χ2v) is 7.32. The number of esters is 1. The molecule has 0 aliphatic heterocycles. The largest absolute Gasteiger partial charge is 0.469 e. The molecule has 2 aromatic rings. The van der Waals surface area contributed by atoms with Gasteiger partial charge in [0.15, 0.2) is 0 Å². The lowest BCUT2D eigenvalue weighted by molar-refractivity contribution is -0.140. The molecule has 24 heavy (non-hydrogen) atoms. The lowest BCUT2D eigenvalue weighted by Gasteiger charge is -2.18. The molecule has 0 unspecified atom stereocenters. The molecule has 1 heterocycles. The van der Waals surface area contributed by atoms with Crippen LogP contribution in [-0.2, 0) is 15.3 Å². The predicted octanol–water partition coefficient (Wildman–Crippen LogP) is 4.07. The first kappa shape index (κ1) is 18.5. The van der Waals surface area contributed by atoms with Crippen molar-refractivity contribution in [1.82, 2.24) is 4.90 Å². The van der Waals surface area contributed by atoms with Crippen LogP contribution in [0.25, 0.3) is 0 Å². The molecular formula is C18H21NO3S2. The van der Waals surface area contributed by atoms with Crippen LogP contribution in [0.5, 0.6) is 0 Å². The van der Waals surface area contributed by atoms with Crippen LogP contribution in [0.2, 0.25) is 0 Å². The third kappa shape index (κ3) is 5.39. The maximum atomic E-state index is 12.7. The molecule has 2 rings (SSSR count). The van der Waals surface area contributed by atoms with Gasteiger partial charge in [0.2, 0.25) is 0 Å². The number of hydrogen-bond donors (Lipinski definition) is 0. The summed E-state index contributed by atoms with van der Waals surface area (Å²) in [5.41, 5.74) is 0.708. The highest BCUT2D eigenvalue weighted by Gasteiger charge is 2.16. The number of thioether (sulfide) groups is 1. The zero-order chi connectivity index (χ0) is 17.4. The van der Waals surface area contributed by atoms with Gasteiger partial charge in [0, 0.05) is 35.5 Å². The van der Waals surface area contributed by atoms with Gasteiger partial charge in [0.25, 0.3) is 5.91 Å². The number of nitrogens with zero attached hydrogens (tertiary/aromatic N) is 1. The van der Waals surface area contributed by atoms with Gasteiger partial charge in [-0.2, -0.15) is 0 Å². The van der Waals surface area contributed by atoms with Crippen molar-refractivity contribution in [2.45, 2.75) is 23.5 Å². The number of amides is 1. The molecule has 0 spiro atoms. The van der Waals surface area contributed by atoms with E-state index < -0.39 is 0 Å². The minimum absolute atomic E-state index is 0.0193. The van der Waals surface area contributed by atoms with Gasteiger partial charge in [-0.25, -0.2) is 0 Å². The minimum Gasteiger partial charge on any atom is -0.469 e. The normalized spacial score (nSPS) is 10.4. The quantitative estimate of drug-likeness (QED) is 0.524. The van der Waals surface area contributed by atoms with E-state index in [0.717, 1.165) is 10.6 Å². The van der Waals surface area contributed by atoms with E-state index in [-0.39, 0.29) is 11.9 Å². The Morgan fingerprint density at radius 3 is 2.71 bits per heavy atom. The van der Waals surface area contributed by atoms with Gasteiger partial charge in [-0.3, -0.25) is 9.59 Å².